The third-order valence-electron chi connectivity index (χ3n) is 6.08. The monoisotopic (exact) mass is 418 g/mol. The number of carbonyl (C=O) groups excluding carboxylic acids is 1. The molecule has 160 valence electrons. The smallest absolute Gasteiger partial charge is 0.289 e. The summed E-state index contributed by atoms with van der Waals surface area (Å²) in [6.07, 6.45) is 2.33. The summed E-state index contributed by atoms with van der Waals surface area (Å²) in [7, 11) is 1.78. The second-order valence-electron chi connectivity index (χ2n) is 8.06. The van der Waals surface area contributed by atoms with Crippen molar-refractivity contribution in [2.24, 2.45) is 0 Å². The van der Waals surface area contributed by atoms with E-state index in [2.05, 4.69) is 30.4 Å². The Labute approximate surface area is 180 Å². The van der Waals surface area contributed by atoms with Crippen LogP contribution in [0.4, 0.5) is 5.82 Å². The number of H-pyrrole nitrogens is 2. The zero-order chi connectivity index (χ0) is 21.4. The van der Waals surface area contributed by atoms with Gasteiger partial charge in [-0.2, -0.15) is 0 Å². The molecule has 8 nitrogen and oxygen atoms in total. The maximum Gasteiger partial charge on any atom is 0.289 e. The van der Waals surface area contributed by atoms with E-state index in [4.69, 9.17) is 4.74 Å². The number of nitrogens with zero attached hydrogens (tertiary/aromatic N) is 3. The summed E-state index contributed by atoms with van der Waals surface area (Å²) in [6, 6.07) is 13.7. The number of carbonyl (C=O) groups is 1. The van der Waals surface area contributed by atoms with Gasteiger partial charge in [-0.15, -0.1) is 0 Å². The van der Waals surface area contributed by atoms with Crippen LogP contribution in [0.5, 0.6) is 0 Å². The number of methoxy groups -OCH3 is 1. The van der Waals surface area contributed by atoms with Gasteiger partial charge in [0, 0.05) is 25.6 Å². The number of hydrogen-bond donors (Lipinski definition) is 3. The van der Waals surface area contributed by atoms with Gasteiger partial charge in [-0.1, -0.05) is 30.3 Å². The van der Waals surface area contributed by atoms with E-state index in [9.17, 15) is 4.79 Å². The van der Waals surface area contributed by atoms with Crippen LogP contribution < -0.4 is 10.2 Å². The van der Waals surface area contributed by atoms with Crippen molar-refractivity contribution in [2.45, 2.75) is 31.9 Å². The highest BCUT2D eigenvalue weighted by Crippen LogP contribution is 2.30. The molecule has 5 rings (SSSR count). The summed E-state index contributed by atoms with van der Waals surface area (Å²) < 4.78 is 5.48. The van der Waals surface area contributed by atoms with E-state index in [0.29, 0.717) is 17.1 Å². The van der Waals surface area contributed by atoms with Crippen LogP contribution >= 0.6 is 0 Å². The van der Waals surface area contributed by atoms with Crippen LogP contribution in [0, 0.1) is 0 Å². The Morgan fingerprint density at radius 2 is 1.84 bits per heavy atom. The van der Waals surface area contributed by atoms with Gasteiger partial charge in [0.05, 0.1) is 28.7 Å². The van der Waals surface area contributed by atoms with Gasteiger partial charge in [-0.25, -0.2) is 9.97 Å². The molecule has 1 aliphatic heterocycles. The highest BCUT2D eigenvalue weighted by molar-refractivity contribution is 6.01. The Morgan fingerprint density at radius 1 is 1.13 bits per heavy atom. The van der Waals surface area contributed by atoms with E-state index in [1.807, 2.05) is 49.4 Å². The van der Waals surface area contributed by atoms with Crippen LogP contribution in [0.15, 0.2) is 42.5 Å². The highest BCUT2D eigenvalue weighted by Gasteiger charge is 2.22. The van der Waals surface area contributed by atoms with Gasteiger partial charge in [0.25, 0.3) is 5.91 Å². The van der Waals surface area contributed by atoms with Crippen molar-refractivity contribution in [1.82, 2.24) is 25.5 Å². The molecule has 2 aromatic carbocycles. The van der Waals surface area contributed by atoms with Gasteiger partial charge < -0.3 is 15.0 Å². The topological polar surface area (TPSA) is 98.9 Å². The molecular weight excluding hydrogens is 392 g/mol. The number of fused-ring (bicyclic) bond motifs is 2. The number of imidazole rings is 1. The summed E-state index contributed by atoms with van der Waals surface area (Å²) >= 11 is 0. The number of hydrogen-bond acceptors (Lipinski definition) is 5. The summed E-state index contributed by atoms with van der Waals surface area (Å²) in [4.78, 5) is 24.0. The number of ether oxygens (including phenoxy) is 1. The first-order valence-electron chi connectivity index (χ1n) is 10.6. The summed E-state index contributed by atoms with van der Waals surface area (Å²) in [6.45, 7) is 3.81. The van der Waals surface area contributed by atoms with Crippen LogP contribution in [0.25, 0.3) is 21.9 Å². The van der Waals surface area contributed by atoms with E-state index in [0.717, 1.165) is 48.2 Å². The number of aromatic nitrogens is 4. The lowest BCUT2D eigenvalue weighted by Gasteiger charge is -2.31. The molecular formula is C23H26N6O2. The fourth-order valence-corrected chi connectivity index (χ4v) is 4.25. The van der Waals surface area contributed by atoms with Crippen molar-refractivity contribution in [3.8, 4) is 0 Å². The molecule has 0 saturated carbocycles. The first-order chi connectivity index (χ1) is 15.1. The third kappa shape index (κ3) is 3.74. The van der Waals surface area contributed by atoms with Crippen molar-refractivity contribution in [3.63, 3.8) is 0 Å². The molecule has 0 bridgehead atoms. The van der Waals surface area contributed by atoms with Crippen LogP contribution in [0.2, 0.25) is 0 Å². The lowest BCUT2D eigenvalue weighted by atomic mass is 10.1. The molecule has 0 aliphatic carbocycles. The van der Waals surface area contributed by atoms with Crippen molar-refractivity contribution >= 4 is 33.7 Å². The van der Waals surface area contributed by atoms with Gasteiger partial charge in [-0.05, 0) is 37.5 Å². The molecule has 1 amide bonds. The van der Waals surface area contributed by atoms with E-state index in [-0.39, 0.29) is 17.8 Å². The third-order valence-corrected chi connectivity index (χ3v) is 6.08. The van der Waals surface area contributed by atoms with Crippen LogP contribution in [-0.4, -0.2) is 52.4 Å². The minimum absolute atomic E-state index is 0.124. The number of piperidine rings is 1. The van der Waals surface area contributed by atoms with Gasteiger partial charge in [0.1, 0.15) is 5.82 Å². The predicted octanol–water partition coefficient (Wildman–Crippen LogP) is 3.55. The average Bonchev–Trinajstić information content (AvgIpc) is 3.41. The zero-order valence-electron chi connectivity index (χ0n) is 17.7. The van der Waals surface area contributed by atoms with Crippen molar-refractivity contribution in [1.29, 1.82) is 0 Å². The molecule has 1 saturated heterocycles. The lowest BCUT2D eigenvalue weighted by molar-refractivity contribution is 0.0818. The number of anilines is 1. The first kappa shape index (κ1) is 19.6. The normalized spacial score (nSPS) is 16.1. The molecule has 1 fully saturated rings. The summed E-state index contributed by atoms with van der Waals surface area (Å²) in [5.74, 6) is 0.958. The van der Waals surface area contributed by atoms with Crippen molar-refractivity contribution in [2.75, 3.05) is 25.1 Å². The first-order valence-corrected chi connectivity index (χ1v) is 10.6. The molecule has 0 radical (unpaired) electrons. The fraction of sp³-hybridized carbons (Fsp3) is 0.348. The number of aromatic amines is 2. The maximum atomic E-state index is 12.7. The minimum Gasteiger partial charge on any atom is -0.381 e. The standard InChI is InChI=1S/C23H26N6O2/c1-14(15-6-4-3-5-7-15)24-23(30)21-25-19-12-17-18(13-20(19)26-21)27-28-22(17)29-10-8-16(31-2)9-11-29/h3-7,12-14,16,27-28H,8-11H2,1-2H3,(H,24,30)/t14-/m1/s1. The lowest BCUT2D eigenvalue weighted by Crippen LogP contribution is -2.36. The average molecular weight is 419 g/mol. The van der Waals surface area contributed by atoms with Crippen molar-refractivity contribution < 1.29 is 9.53 Å². The molecule has 0 spiro atoms. The maximum absolute atomic E-state index is 12.7. The Balaban J connectivity index is 1.39. The van der Waals surface area contributed by atoms with E-state index in [1.165, 1.54) is 0 Å². The molecule has 4 aromatic rings. The van der Waals surface area contributed by atoms with E-state index >= 15 is 0 Å². The summed E-state index contributed by atoms with van der Waals surface area (Å²) in [5, 5.41) is 10.5. The van der Waals surface area contributed by atoms with Gasteiger partial charge in [0.2, 0.25) is 5.82 Å². The molecule has 0 unspecified atom stereocenters. The minimum atomic E-state index is -0.273. The Hall–Kier alpha value is -3.39. The highest BCUT2D eigenvalue weighted by atomic mass is 16.5. The predicted molar refractivity (Wildman–Crippen MR) is 120 cm³/mol. The fourth-order valence-electron chi connectivity index (χ4n) is 4.25. The largest absolute Gasteiger partial charge is 0.381 e. The number of rotatable bonds is 5. The van der Waals surface area contributed by atoms with Gasteiger partial charge >= 0.3 is 0 Å². The molecule has 3 heterocycles. The summed E-state index contributed by atoms with van der Waals surface area (Å²) in [5.41, 5.74) is 3.40. The van der Waals surface area contributed by atoms with Crippen LogP contribution in [0.3, 0.4) is 0 Å². The van der Waals surface area contributed by atoms with Crippen LogP contribution in [-0.2, 0) is 4.74 Å². The second kappa shape index (κ2) is 8.03. The Bertz CT molecular complexity index is 1210. The van der Waals surface area contributed by atoms with Crippen LogP contribution in [0.1, 0.15) is 42.0 Å². The Kier molecular flexibility index (Phi) is 5.07. The number of amides is 1. The molecule has 3 N–H and O–H groups in total. The molecule has 31 heavy (non-hydrogen) atoms. The Morgan fingerprint density at radius 3 is 2.55 bits per heavy atom. The number of benzene rings is 2. The number of nitrogens with one attached hydrogen (secondary N) is 3. The SMILES string of the molecule is COC1CCN(c2[nH][nH]c3cc4nc(C(=O)N[C@H](C)c5ccccc5)nc4cc23)CC1. The quantitative estimate of drug-likeness (QED) is 0.460. The molecule has 8 heteroatoms. The van der Waals surface area contributed by atoms with E-state index < -0.39 is 0 Å². The molecule has 1 atom stereocenters. The van der Waals surface area contributed by atoms with Gasteiger partial charge in [-0.3, -0.25) is 15.0 Å². The second-order valence-corrected chi connectivity index (χ2v) is 8.06. The zero-order valence-corrected chi connectivity index (χ0v) is 17.7. The van der Waals surface area contributed by atoms with Gasteiger partial charge in [0.15, 0.2) is 0 Å². The van der Waals surface area contributed by atoms with Crippen molar-refractivity contribution in [3.05, 3.63) is 53.9 Å². The van der Waals surface area contributed by atoms with E-state index in [1.54, 1.807) is 7.11 Å². The molecule has 1 aliphatic rings. The molecule has 2 aromatic heterocycles.